The Morgan fingerprint density at radius 2 is 1.93 bits per heavy atom. The van der Waals surface area contributed by atoms with E-state index in [0.717, 1.165) is 6.42 Å². The van der Waals surface area contributed by atoms with Gasteiger partial charge in [0.25, 0.3) is 5.91 Å². The van der Waals surface area contributed by atoms with Crippen LogP contribution in [0.15, 0.2) is 24.3 Å². The summed E-state index contributed by atoms with van der Waals surface area (Å²) in [5.74, 6) is -0.00873. The predicted octanol–water partition coefficient (Wildman–Crippen LogP) is 1.80. The molecule has 0 spiro atoms. The maximum absolute atomic E-state index is 11.7. The van der Waals surface area contributed by atoms with E-state index in [4.69, 9.17) is 5.73 Å². The number of nitrogens with one attached hydrogen (secondary N) is 1. The fourth-order valence-corrected chi connectivity index (χ4v) is 1.59. The quantitative estimate of drug-likeness (QED) is 0.722. The number of nitrogen functional groups attached to an aromatic ring is 1. The van der Waals surface area contributed by atoms with Crippen LogP contribution in [0.4, 0.5) is 5.69 Å². The third kappa shape index (κ3) is 2.12. The summed E-state index contributed by atoms with van der Waals surface area (Å²) < 4.78 is 0. The Bertz CT molecular complexity index is 381. The molecule has 1 fully saturated rings. The van der Waals surface area contributed by atoms with E-state index in [1.807, 2.05) is 0 Å². The summed E-state index contributed by atoms with van der Waals surface area (Å²) in [4.78, 5) is 11.7. The molecule has 1 aliphatic carbocycles. The number of hydrogen-bond acceptors (Lipinski definition) is 2. The van der Waals surface area contributed by atoms with Crippen LogP contribution in [0, 0.1) is 5.41 Å². The minimum Gasteiger partial charge on any atom is -0.399 e. The topological polar surface area (TPSA) is 55.1 Å². The molecule has 0 aliphatic heterocycles. The van der Waals surface area contributed by atoms with Gasteiger partial charge in [0.15, 0.2) is 0 Å². The molecule has 0 saturated heterocycles. The van der Waals surface area contributed by atoms with Gasteiger partial charge in [0.2, 0.25) is 0 Å². The van der Waals surface area contributed by atoms with Crippen molar-refractivity contribution in [1.82, 2.24) is 5.32 Å². The van der Waals surface area contributed by atoms with Crippen molar-refractivity contribution >= 4 is 11.6 Å². The SMILES string of the molecule is CC1(C)CC1NC(=O)c1ccc(N)cc1. The molecule has 1 saturated carbocycles. The molecule has 1 amide bonds. The van der Waals surface area contributed by atoms with Gasteiger partial charge in [-0.25, -0.2) is 0 Å². The first-order chi connectivity index (χ1) is 6.99. The number of hydrogen-bond donors (Lipinski definition) is 2. The summed E-state index contributed by atoms with van der Waals surface area (Å²) in [7, 11) is 0. The van der Waals surface area contributed by atoms with Gasteiger partial charge in [-0.15, -0.1) is 0 Å². The van der Waals surface area contributed by atoms with E-state index in [-0.39, 0.29) is 11.3 Å². The maximum Gasteiger partial charge on any atom is 0.251 e. The molecule has 3 nitrogen and oxygen atoms in total. The molecular weight excluding hydrogens is 188 g/mol. The molecule has 0 bridgehead atoms. The summed E-state index contributed by atoms with van der Waals surface area (Å²) in [6.07, 6.45) is 1.06. The molecule has 0 aromatic heterocycles. The number of carbonyl (C=O) groups is 1. The molecule has 15 heavy (non-hydrogen) atoms. The molecule has 1 aromatic carbocycles. The summed E-state index contributed by atoms with van der Waals surface area (Å²) in [5, 5.41) is 3.00. The molecule has 1 aliphatic rings. The van der Waals surface area contributed by atoms with Gasteiger partial charge in [-0.2, -0.15) is 0 Å². The normalized spacial score (nSPS) is 22.1. The zero-order chi connectivity index (χ0) is 11.1. The van der Waals surface area contributed by atoms with E-state index >= 15 is 0 Å². The molecule has 0 radical (unpaired) electrons. The van der Waals surface area contributed by atoms with Crippen LogP contribution in [-0.4, -0.2) is 11.9 Å². The number of carbonyl (C=O) groups excluding carboxylic acids is 1. The van der Waals surface area contributed by atoms with Crippen molar-refractivity contribution in [3.8, 4) is 0 Å². The monoisotopic (exact) mass is 204 g/mol. The third-order valence-electron chi connectivity index (χ3n) is 2.99. The second-order valence-corrected chi connectivity index (χ2v) is 4.84. The van der Waals surface area contributed by atoms with Gasteiger partial charge in [-0.1, -0.05) is 13.8 Å². The van der Waals surface area contributed by atoms with Crippen molar-refractivity contribution in [2.24, 2.45) is 5.41 Å². The molecule has 1 aromatic rings. The van der Waals surface area contributed by atoms with Crippen LogP contribution in [-0.2, 0) is 0 Å². The van der Waals surface area contributed by atoms with E-state index in [1.54, 1.807) is 24.3 Å². The number of benzene rings is 1. The Kier molecular flexibility index (Phi) is 2.18. The van der Waals surface area contributed by atoms with Gasteiger partial charge < -0.3 is 11.1 Å². The second-order valence-electron chi connectivity index (χ2n) is 4.84. The van der Waals surface area contributed by atoms with Gasteiger partial charge in [0, 0.05) is 17.3 Å². The zero-order valence-electron chi connectivity index (χ0n) is 9.08. The number of amides is 1. The molecule has 3 heteroatoms. The highest BCUT2D eigenvalue weighted by atomic mass is 16.1. The Morgan fingerprint density at radius 1 is 1.40 bits per heavy atom. The Balaban J connectivity index is 2.00. The summed E-state index contributed by atoms with van der Waals surface area (Å²) in [6.45, 7) is 4.31. The van der Waals surface area contributed by atoms with Crippen LogP contribution >= 0.6 is 0 Å². The van der Waals surface area contributed by atoms with Crippen LogP contribution in [0.25, 0.3) is 0 Å². The lowest BCUT2D eigenvalue weighted by Gasteiger charge is -2.06. The van der Waals surface area contributed by atoms with Crippen LogP contribution in [0.5, 0.6) is 0 Å². The molecule has 3 N–H and O–H groups in total. The van der Waals surface area contributed by atoms with Crippen molar-refractivity contribution < 1.29 is 4.79 Å². The van der Waals surface area contributed by atoms with Crippen LogP contribution in [0.1, 0.15) is 30.6 Å². The lowest BCUT2D eigenvalue weighted by Crippen LogP contribution is -2.28. The minimum atomic E-state index is -0.00873. The predicted molar refractivity (Wildman–Crippen MR) is 60.5 cm³/mol. The average Bonchev–Trinajstić information content (AvgIpc) is 2.74. The summed E-state index contributed by atoms with van der Waals surface area (Å²) in [5.41, 5.74) is 7.17. The fourth-order valence-electron chi connectivity index (χ4n) is 1.59. The summed E-state index contributed by atoms with van der Waals surface area (Å²) in [6, 6.07) is 7.31. The first-order valence-electron chi connectivity index (χ1n) is 5.15. The maximum atomic E-state index is 11.7. The van der Waals surface area contributed by atoms with Gasteiger partial charge in [0.05, 0.1) is 0 Å². The minimum absolute atomic E-state index is 0.00873. The van der Waals surface area contributed by atoms with E-state index in [1.165, 1.54) is 0 Å². The highest BCUT2D eigenvalue weighted by molar-refractivity contribution is 5.94. The molecule has 0 heterocycles. The van der Waals surface area contributed by atoms with Crippen LogP contribution in [0.2, 0.25) is 0 Å². The van der Waals surface area contributed by atoms with Gasteiger partial charge in [0.1, 0.15) is 0 Å². The molecule has 80 valence electrons. The summed E-state index contributed by atoms with van der Waals surface area (Å²) >= 11 is 0. The lowest BCUT2D eigenvalue weighted by molar-refractivity contribution is 0.0946. The van der Waals surface area contributed by atoms with Crippen molar-refractivity contribution in [3.63, 3.8) is 0 Å². The Morgan fingerprint density at radius 3 is 2.40 bits per heavy atom. The van der Waals surface area contributed by atoms with Crippen LogP contribution < -0.4 is 11.1 Å². The second kappa shape index (κ2) is 3.26. The molecule has 2 rings (SSSR count). The standard InChI is InChI=1S/C12H16N2O/c1-12(2)7-10(12)14-11(15)8-3-5-9(13)6-4-8/h3-6,10H,7,13H2,1-2H3,(H,14,15). The van der Waals surface area contributed by atoms with E-state index in [9.17, 15) is 4.79 Å². The highest BCUT2D eigenvalue weighted by Gasteiger charge is 2.46. The third-order valence-corrected chi connectivity index (χ3v) is 2.99. The van der Waals surface area contributed by atoms with Crippen molar-refractivity contribution in [1.29, 1.82) is 0 Å². The Labute approximate surface area is 89.7 Å². The van der Waals surface area contributed by atoms with E-state index in [2.05, 4.69) is 19.2 Å². The smallest absolute Gasteiger partial charge is 0.251 e. The van der Waals surface area contributed by atoms with Gasteiger partial charge in [-0.05, 0) is 36.1 Å². The van der Waals surface area contributed by atoms with Crippen molar-refractivity contribution in [2.45, 2.75) is 26.3 Å². The molecule has 1 unspecified atom stereocenters. The number of anilines is 1. The lowest BCUT2D eigenvalue weighted by atomic mass is 10.1. The van der Waals surface area contributed by atoms with Crippen molar-refractivity contribution in [3.05, 3.63) is 29.8 Å². The van der Waals surface area contributed by atoms with Crippen LogP contribution in [0.3, 0.4) is 0 Å². The zero-order valence-corrected chi connectivity index (χ0v) is 9.08. The first kappa shape index (κ1) is 10.0. The van der Waals surface area contributed by atoms with Gasteiger partial charge >= 0.3 is 0 Å². The first-order valence-corrected chi connectivity index (χ1v) is 5.15. The highest BCUT2D eigenvalue weighted by Crippen LogP contribution is 2.44. The Hall–Kier alpha value is -1.51. The molecule has 1 atom stereocenters. The average molecular weight is 204 g/mol. The number of nitrogens with two attached hydrogens (primary N) is 1. The van der Waals surface area contributed by atoms with Crippen molar-refractivity contribution in [2.75, 3.05) is 5.73 Å². The van der Waals surface area contributed by atoms with Gasteiger partial charge in [-0.3, -0.25) is 4.79 Å². The largest absolute Gasteiger partial charge is 0.399 e. The number of rotatable bonds is 2. The molecular formula is C12H16N2O. The van der Waals surface area contributed by atoms with E-state index in [0.29, 0.717) is 17.3 Å². The van der Waals surface area contributed by atoms with E-state index < -0.39 is 0 Å². The fraction of sp³-hybridized carbons (Fsp3) is 0.417.